The number of alkyl halides is 1. The van der Waals surface area contributed by atoms with E-state index in [0.29, 0.717) is 35.9 Å². The van der Waals surface area contributed by atoms with E-state index in [1.807, 2.05) is 6.92 Å². The summed E-state index contributed by atoms with van der Waals surface area (Å²) in [4.78, 5) is 25.4. The molecule has 2 N–H and O–H groups in total. The molecule has 2 aliphatic carbocycles. The van der Waals surface area contributed by atoms with Crippen LogP contribution in [0.1, 0.15) is 44.1 Å². The lowest BCUT2D eigenvalue weighted by Gasteiger charge is -2.20. The summed E-state index contributed by atoms with van der Waals surface area (Å²) in [6.45, 7) is 3.97. The predicted molar refractivity (Wildman–Crippen MR) is 128 cm³/mol. The van der Waals surface area contributed by atoms with E-state index in [0.717, 1.165) is 11.3 Å². The summed E-state index contributed by atoms with van der Waals surface area (Å²) in [5, 5.41) is 4.05. The number of allylic oxidation sites excluding steroid dienone is 4. The van der Waals surface area contributed by atoms with Crippen molar-refractivity contribution in [3.8, 4) is 5.88 Å². The van der Waals surface area contributed by atoms with Crippen LogP contribution in [0.3, 0.4) is 0 Å². The van der Waals surface area contributed by atoms with Crippen LogP contribution >= 0.6 is 11.3 Å². The Morgan fingerprint density at radius 3 is 2.79 bits per heavy atom. The fraction of sp³-hybridized carbons (Fsp3) is 0.364. The molecule has 0 saturated heterocycles. The number of ether oxygens (including phenoxy) is 1. The Morgan fingerprint density at radius 2 is 2.12 bits per heavy atom. The number of nitrogens with zero attached hydrogens (tertiary/aromatic N) is 3. The standard InChI is InChI=1S/C22H24FN5O4S2/c1-3-32-20-11-24-10-18(26-20)14-7-8-16(17(23)9-14)21(29)25-13(2)19-12-33-22(27-19)28-34(30,31)15-5-4-6-15/h4-5,7-8,10-13,15,17H,3,6,9H2,1-2H3,(H,25,29)(H,27,28). The van der Waals surface area contributed by atoms with Crippen LogP contribution in [-0.2, 0) is 14.8 Å². The third-order valence-electron chi connectivity index (χ3n) is 5.36. The largest absolute Gasteiger partial charge is 0.477 e. The number of hydrogen-bond acceptors (Lipinski definition) is 8. The Bertz CT molecular complexity index is 1270. The molecule has 9 nitrogen and oxygen atoms in total. The maximum atomic E-state index is 14.9. The van der Waals surface area contributed by atoms with Gasteiger partial charge in [-0.2, -0.15) is 0 Å². The Morgan fingerprint density at radius 1 is 1.32 bits per heavy atom. The summed E-state index contributed by atoms with van der Waals surface area (Å²) in [5.74, 6) is -0.203. The first kappa shape index (κ1) is 24.0. The highest BCUT2D eigenvalue weighted by Crippen LogP contribution is 2.30. The molecular formula is C22H24FN5O4S2. The van der Waals surface area contributed by atoms with Gasteiger partial charge in [-0.05, 0) is 25.8 Å². The minimum absolute atomic E-state index is 0.00236. The molecule has 0 saturated carbocycles. The van der Waals surface area contributed by atoms with Gasteiger partial charge < -0.3 is 10.1 Å². The van der Waals surface area contributed by atoms with Gasteiger partial charge in [0.25, 0.3) is 5.91 Å². The van der Waals surface area contributed by atoms with E-state index in [9.17, 15) is 17.6 Å². The molecular weight excluding hydrogens is 481 g/mol. The third-order valence-corrected chi connectivity index (χ3v) is 7.89. The number of aromatic nitrogens is 3. The molecule has 1 amide bonds. The summed E-state index contributed by atoms with van der Waals surface area (Å²) >= 11 is 1.12. The molecule has 3 atom stereocenters. The Labute approximate surface area is 200 Å². The lowest BCUT2D eigenvalue weighted by atomic mass is 9.94. The van der Waals surface area contributed by atoms with E-state index < -0.39 is 33.4 Å². The van der Waals surface area contributed by atoms with Gasteiger partial charge in [-0.25, -0.2) is 22.8 Å². The Hall–Kier alpha value is -3.12. The second-order valence-electron chi connectivity index (χ2n) is 7.78. The molecule has 2 aliphatic rings. The van der Waals surface area contributed by atoms with Gasteiger partial charge in [-0.1, -0.05) is 24.3 Å². The van der Waals surface area contributed by atoms with Crippen molar-refractivity contribution in [3.05, 3.63) is 59.0 Å². The second kappa shape index (κ2) is 10.0. The van der Waals surface area contributed by atoms with Crippen molar-refractivity contribution in [3.63, 3.8) is 0 Å². The van der Waals surface area contributed by atoms with Crippen LogP contribution in [0.5, 0.6) is 5.88 Å². The van der Waals surface area contributed by atoms with Crippen molar-refractivity contribution >= 4 is 38.0 Å². The van der Waals surface area contributed by atoms with E-state index in [1.165, 1.54) is 18.5 Å². The number of rotatable bonds is 9. The molecule has 0 radical (unpaired) electrons. The number of nitrogens with one attached hydrogen (secondary N) is 2. The Kier molecular flexibility index (Phi) is 7.08. The van der Waals surface area contributed by atoms with Crippen LogP contribution in [0, 0.1) is 0 Å². The van der Waals surface area contributed by atoms with Crippen molar-refractivity contribution in [1.82, 2.24) is 20.3 Å². The van der Waals surface area contributed by atoms with E-state index in [1.54, 1.807) is 30.5 Å². The molecule has 0 spiro atoms. The van der Waals surface area contributed by atoms with Gasteiger partial charge in [0.15, 0.2) is 5.13 Å². The third kappa shape index (κ3) is 5.33. The normalized spacial score (nSPS) is 20.6. The van der Waals surface area contributed by atoms with E-state index in [2.05, 4.69) is 25.0 Å². The van der Waals surface area contributed by atoms with Crippen LogP contribution < -0.4 is 14.8 Å². The van der Waals surface area contributed by atoms with E-state index in [-0.39, 0.29) is 17.1 Å². The number of thiazole rings is 1. The molecule has 0 fully saturated rings. The zero-order valence-electron chi connectivity index (χ0n) is 18.6. The van der Waals surface area contributed by atoms with Gasteiger partial charge >= 0.3 is 0 Å². The number of sulfonamides is 1. The lowest BCUT2D eigenvalue weighted by Crippen LogP contribution is -2.32. The van der Waals surface area contributed by atoms with E-state index in [4.69, 9.17) is 4.74 Å². The molecule has 3 unspecified atom stereocenters. The summed E-state index contributed by atoms with van der Waals surface area (Å²) in [6.07, 6.45) is 8.45. The Balaban J connectivity index is 1.41. The molecule has 34 heavy (non-hydrogen) atoms. The number of carbonyl (C=O) groups is 1. The SMILES string of the molecule is CCOc1cncc(C2=CC=C(C(=O)NC(C)c3csc(NS(=O)(=O)C4C=CC4)n3)C(F)C2)n1. The maximum Gasteiger partial charge on any atom is 0.250 e. The molecule has 12 heteroatoms. The summed E-state index contributed by atoms with van der Waals surface area (Å²) < 4.78 is 47.2. The monoisotopic (exact) mass is 505 g/mol. The van der Waals surface area contributed by atoms with Gasteiger partial charge in [0.2, 0.25) is 15.9 Å². The number of anilines is 1. The van der Waals surface area contributed by atoms with Crippen LogP contribution in [0.4, 0.5) is 9.52 Å². The summed E-state index contributed by atoms with van der Waals surface area (Å²) in [7, 11) is -3.53. The number of hydrogen-bond donors (Lipinski definition) is 2. The van der Waals surface area contributed by atoms with Gasteiger partial charge in [0, 0.05) is 11.8 Å². The first-order chi connectivity index (χ1) is 16.3. The smallest absolute Gasteiger partial charge is 0.250 e. The second-order valence-corrected chi connectivity index (χ2v) is 10.5. The zero-order valence-corrected chi connectivity index (χ0v) is 20.2. The fourth-order valence-electron chi connectivity index (χ4n) is 3.35. The van der Waals surface area contributed by atoms with Crippen molar-refractivity contribution in [1.29, 1.82) is 0 Å². The highest BCUT2D eigenvalue weighted by Gasteiger charge is 2.29. The first-order valence-electron chi connectivity index (χ1n) is 10.7. The van der Waals surface area contributed by atoms with Crippen LogP contribution in [0.2, 0.25) is 0 Å². The first-order valence-corrected chi connectivity index (χ1v) is 13.1. The zero-order chi connectivity index (χ0) is 24.3. The topological polar surface area (TPSA) is 123 Å². The van der Waals surface area contributed by atoms with Gasteiger partial charge in [-0.3, -0.25) is 14.5 Å². The van der Waals surface area contributed by atoms with Crippen LogP contribution in [-0.4, -0.2) is 47.3 Å². The average Bonchev–Trinajstić information content (AvgIpc) is 3.20. The molecule has 2 aromatic heterocycles. The molecule has 0 aliphatic heterocycles. The minimum atomic E-state index is -3.53. The van der Waals surface area contributed by atoms with Crippen molar-refractivity contribution in [2.45, 2.75) is 44.2 Å². The van der Waals surface area contributed by atoms with Crippen LogP contribution in [0.25, 0.3) is 5.57 Å². The van der Waals surface area contributed by atoms with Gasteiger partial charge in [0.05, 0.1) is 42.0 Å². The number of halogens is 1. The molecule has 2 heterocycles. The number of amides is 1. The highest BCUT2D eigenvalue weighted by molar-refractivity contribution is 7.93. The maximum absolute atomic E-state index is 14.9. The van der Waals surface area contributed by atoms with Crippen molar-refractivity contribution in [2.24, 2.45) is 0 Å². The summed E-state index contributed by atoms with van der Waals surface area (Å²) in [6, 6.07) is -0.544. The predicted octanol–water partition coefficient (Wildman–Crippen LogP) is 3.33. The van der Waals surface area contributed by atoms with Gasteiger partial charge in [0.1, 0.15) is 11.4 Å². The lowest BCUT2D eigenvalue weighted by molar-refractivity contribution is -0.118. The summed E-state index contributed by atoms with van der Waals surface area (Å²) in [5.41, 5.74) is 1.58. The molecule has 0 aromatic carbocycles. The molecule has 2 aromatic rings. The van der Waals surface area contributed by atoms with Crippen LogP contribution in [0.15, 0.2) is 47.7 Å². The molecule has 0 bridgehead atoms. The number of carbonyl (C=O) groups excluding carboxylic acids is 1. The quantitative estimate of drug-likeness (QED) is 0.501. The van der Waals surface area contributed by atoms with E-state index >= 15 is 0 Å². The van der Waals surface area contributed by atoms with Gasteiger partial charge in [-0.15, -0.1) is 11.3 Å². The fourth-order valence-corrected chi connectivity index (χ4v) is 5.67. The minimum Gasteiger partial charge on any atom is -0.477 e. The molecule has 180 valence electrons. The highest BCUT2D eigenvalue weighted by atomic mass is 32.2. The van der Waals surface area contributed by atoms with Crippen molar-refractivity contribution < 1.29 is 22.3 Å². The molecule has 4 rings (SSSR count). The average molecular weight is 506 g/mol. The van der Waals surface area contributed by atoms with Crippen molar-refractivity contribution in [2.75, 3.05) is 11.3 Å².